The molecule has 0 aliphatic heterocycles. The molecule has 6 nitrogen and oxygen atoms in total. The second kappa shape index (κ2) is 11.0. The first-order valence-corrected chi connectivity index (χ1v) is 11.8. The Morgan fingerprint density at radius 3 is 2.53 bits per heavy atom. The molecular weight excluding hydrogens is 534 g/mol. The highest BCUT2D eigenvalue weighted by atomic mass is 79.9. The average Bonchev–Trinajstić information content (AvgIpc) is 3.24. The van der Waals surface area contributed by atoms with E-state index in [0.29, 0.717) is 10.9 Å². The summed E-state index contributed by atoms with van der Waals surface area (Å²) in [5.41, 5.74) is 2.49. The molecule has 0 spiro atoms. The lowest BCUT2D eigenvalue weighted by Crippen LogP contribution is -2.27. The van der Waals surface area contributed by atoms with Gasteiger partial charge in [0.1, 0.15) is 29.7 Å². The van der Waals surface area contributed by atoms with Crippen molar-refractivity contribution in [2.45, 2.75) is 58.4 Å². The molecule has 0 amide bonds. The van der Waals surface area contributed by atoms with Crippen LogP contribution in [0.4, 0.5) is 8.78 Å². The maximum absolute atomic E-state index is 11.8. The molecule has 0 saturated carbocycles. The van der Waals surface area contributed by atoms with Crippen molar-refractivity contribution < 1.29 is 27.8 Å². The van der Waals surface area contributed by atoms with Gasteiger partial charge in [0.15, 0.2) is 0 Å². The van der Waals surface area contributed by atoms with Crippen molar-refractivity contribution in [3.8, 4) is 5.75 Å². The first-order chi connectivity index (χ1) is 15.9. The van der Waals surface area contributed by atoms with Crippen molar-refractivity contribution in [1.82, 2.24) is 9.38 Å². The number of hydrogen-bond acceptors (Lipinski definition) is 5. The van der Waals surface area contributed by atoms with Crippen LogP contribution in [0.1, 0.15) is 57.5 Å². The predicted molar refractivity (Wildman–Crippen MR) is 129 cm³/mol. The van der Waals surface area contributed by atoms with E-state index < -0.39 is 12.2 Å². The number of ether oxygens (including phenoxy) is 3. The van der Waals surface area contributed by atoms with Crippen LogP contribution in [0.15, 0.2) is 47.1 Å². The van der Waals surface area contributed by atoms with E-state index in [0.717, 1.165) is 27.9 Å². The summed E-state index contributed by atoms with van der Waals surface area (Å²) in [5.74, 6) is 0.104. The normalized spacial score (nSPS) is 17.3. The molecule has 0 radical (unpaired) electrons. The fraction of sp³-hybridized carbons (Fsp3) is 0.417. The maximum Gasteiger partial charge on any atom is 0.387 e. The van der Waals surface area contributed by atoms with Crippen LogP contribution in [0.5, 0.6) is 5.75 Å². The summed E-state index contributed by atoms with van der Waals surface area (Å²) in [6.07, 6.45) is 2.69. The molecular formula is C24H26BrClF2N2O4. The molecule has 1 aliphatic rings. The Hall–Kier alpha value is -2.23. The van der Waals surface area contributed by atoms with Crippen molar-refractivity contribution in [2.24, 2.45) is 0 Å². The van der Waals surface area contributed by atoms with Crippen LogP contribution in [0.3, 0.4) is 0 Å². The first-order valence-electron chi connectivity index (χ1n) is 10.6. The summed E-state index contributed by atoms with van der Waals surface area (Å²) in [5, 5.41) is 0.492. The fourth-order valence-corrected chi connectivity index (χ4v) is 4.09. The van der Waals surface area contributed by atoms with E-state index in [1.54, 1.807) is 0 Å². The standard InChI is InChI=1S/C17H21BrN2O3.C7H5ClF2O/c1-10-7-12(22-9-14(21)23-17(2,3)4)15-16(10)20-8-11(18)5-6-13(20)19-15;8-5-1-3-6(4-2-5)11-7(9)10/h5-6,8,10,12H,7,9H2,1-4H3;1-4,7H/t10-,12+;/m0./s1. The third-order valence-electron chi connectivity index (χ3n) is 4.85. The largest absolute Gasteiger partial charge is 0.458 e. The average molecular weight is 560 g/mol. The zero-order valence-corrected chi connectivity index (χ0v) is 21.6. The Kier molecular flexibility index (Phi) is 8.54. The minimum Gasteiger partial charge on any atom is -0.458 e. The number of carbonyl (C=O) groups excluding carboxylic acids is 1. The second-order valence-corrected chi connectivity index (χ2v) is 10.2. The summed E-state index contributed by atoms with van der Waals surface area (Å²) in [4.78, 5) is 16.5. The van der Waals surface area contributed by atoms with Gasteiger partial charge in [0, 0.05) is 21.6 Å². The minimum absolute atomic E-state index is 0.0499. The number of esters is 1. The molecule has 0 unspecified atom stereocenters. The summed E-state index contributed by atoms with van der Waals surface area (Å²) >= 11 is 9.00. The monoisotopic (exact) mass is 558 g/mol. The molecule has 4 rings (SSSR count). The molecule has 2 aromatic heterocycles. The molecule has 0 saturated heterocycles. The third-order valence-corrected chi connectivity index (χ3v) is 5.57. The number of benzene rings is 1. The molecule has 0 N–H and O–H groups in total. The van der Waals surface area contributed by atoms with Crippen LogP contribution in [0.25, 0.3) is 5.65 Å². The Bertz CT molecular complexity index is 1130. The number of carbonyl (C=O) groups is 1. The van der Waals surface area contributed by atoms with E-state index in [4.69, 9.17) is 21.1 Å². The van der Waals surface area contributed by atoms with Crippen molar-refractivity contribution in [3.63, 3.8) is 0 Å². The predicted octanol–water partition coefficient (Wildman–Crippen LogP) is 6.94. The summed E-state index contributed by atoms with van der Waals surface area (Å²) in [7, 11) is 0. The van der Waals surface area contributed by atoms with Gasteiger partial charge in [0.05, 0.1) is 11.4 Å². The second-order valence-electron chi connectivity index (χ2n) is 8.81. The Balaban J connectivity index is 0.000000248. The van der Waals surface area contributed by atoms with Gasteiger partial charge in [0.25, 0.3) is 0 Å². The number of hydrogen-bond donors (Lipinski definition) is 0. The number of halogens is 4. The van der Waals surface area contributed by atoms with Crippen LogP contribution < -0.4 is 4.74 Å². The summed E-state index contributed by atoms with van der Waals surface area (Å²) < 4.78 is 41.4. The van der Waals surface area contributed by atoms with E-state index in [1.165, 1.54) is 24.3 Å². The summed E-state index contributed by atoms with van der Waals surface area (Å²) in [6.45, 7) is 4.87. The van der Waals surface area contributed by atoms with Crippen LogP contribution in [0.2, 0.25) is 5.02 Å². The number of nitrogens with zero attached hydrogens (tertiary/aromatic N) is 2. The Morgan fingerprint density at radius 1 is 1.24 bits per heavy atom. The molecule has 184 valence electrons. The Labute approximate surface area is 210 Å². The van der Waals surface area contributed by atoms with Gasteiger partial charge in [-0.3, -0.25) is 0 Å². The lowest BCUT2D eigenvalue weighted by molar-refractivity contribution is -0.162. The highest BCUT2D eigenvalue weighted by Gasteiger charge is 2.34. The highest BCUT2D eigenvalue weighted by molar-refractivity contribution is 9.10. The zero-order valence-electron chi connectivity index (χ0n) is 19.2. The van der Waals surface area contributed by atoms with E-state index in [2.05, 4.69) is 37.0 Å². The molecule has 0 fully saturated rings. The highest BCUT2D eigenvalue weighted by Crippen LogP contribution is 2.42. The van der Waals surface area contributed by atoms with Gasteiger partial charge in [0.2, 0.25) is 0 Å². The quantitative estimate of drug-likeness (QED) is 0.317. The van der Waals surface area contributed by atoms with Crippen molar-refractivity contribution in [3.05, 3.63) is 63.5 Å². The van der Waals surface area contributed by atoms with Crippen LogP contribution in [-0.2, 0) is 14.3 Å². The van der Waals surface area contributed by atoms with E-state index in [9.17, 15) is 13.6 Å². The number of pyridine rings is 1. The van der Waals surface area contributed by atoms with Gasteiger partial charge in [-0.2, -0.15) is 8.78 Å². The number of alkyl halides is 2. The van der Waals surface area contributed by atoms with Gasteiger partial charge < -0.3 is 18.6 Å². The molecule has 2 atom stereocenters. The number of aromatic nitrogens is 2. The topological polar surface area (TPSA) is 62.1 Å². The first kappa shape index (κ1) is 26.4. The zero-order chi connectivity index (χ0) is 25.0. The molecule has 10 heteroatoms. The number of rotatable bonds is 5. The van der Waals surface area contributed by atoms with Gasteiger partial charge in [-0.1, -0.05) is 18.5 Å². The number of imidazole rings is 1. The molecule has 0 bridgehead atoms. The van der Waals surface area contributed by atoms with Crippen LogP contribution >= 0.6 is 27.5 Å². The van der Waals surface area contributed by atoms with Crippen molar-refractivity contribution in [2.75, 3.05) is 6.61 Å². The van der Waals surface area contributed by atoms with Gasteiger partial charge >= 0.3 is 12.6 Å². The SMILES string of the molecule is C[C@H]1C[C@@H](OCC(=O)OC(C)(C)C)c2nc3ccc(Br)cn3c21.FC(F)Oc1ccc(Cl)cc1. The molecule has 34 heavy (non-hydrogen) atoms. The van der Waals surface area contributed by atoms with E-state index >= 15 is 0 Å². The maximum atomic E-state index is 11.8. The molecule has 2 heterocycles. The van der Waals surface area contributed by atoms with Crippen LogP contribution in [-0.4, -0.2) is 34.2 Å². The third kappa shape index (κ3) is 7.13. The molecule has 1 aromatic carbocycles. The minimum atomic E-state index is -2.78. The molecule has 3 aromatic rings. The van der Waals surface area contributed by atoms with Crippen LogP contribution in [0, 0.1) is 0 Å². The fourth-order valence-electron chi connectivity index (χ4n) is 3.63. The lowest BCUT2D eigenvalue weighted by atomic mass is 10.1. The van der Waals surface area contributed by atoms with Gasteiger partial charge in [-0.25, -0.2) is 9.78 Å². The lowest BCUT2D eigenvalue weighted by Gasteiger charge is -2.20. The number of fused-ring (bicyclic) bond motifs is 3. The molecule has 1 aliphatic carbocycles. The van der Waals surface area contributed by atoms with Gasteiger partial charge in [-0.05, 0) is 79.5 Å². The Morgan fingerprint density at radius 2 is 1.91 bits per heavy atom. The summed E-state index contributed by atoms with van der Waals surface area (Å²) in [6, 6.07) is 9.68. The van der Waals surface area contributed by atoms with E-state index in [-0.39, 0.29) is 24.4 Å². The van der Waals surface area contributed by atoms with E-state index in [1.807, 2.05) is 39.1 Å². The smallest absolute Gasteiger partial charge is 0.387 e. The van der Waals surface area contributed by atoms with Gasteiger partial charge in [-0.15, -0.1) is 0 Å². The van der Waals surface area contributed by atoms with Crippen molar-refractivity contribution >= 4 is 39.1 Å². The van der Waals surface area contributed by atoms with Crippen molar-refractivity contribution in [1.29, 1.82) is 0 Å².